The Balaban J connectivity index is 1.31. The number of aromatic nitrogens is 3. The SMILES string of the molecule is CN(C)Cc1cn(Cc2c(Cl)cccc2Cl)c2ccc3nc(N[C@@H](Cc4ccccc4)C(=O)N[C@@H](CCN)C(=O)NCc4ccccc4)nc(N)c3c12. The van der Waals surface area contributed by atoms with Gasteiger partial charge in [-0.2, -0.15) is 4.98 Å². The molecule has 0 aliphatic rings. The number of benzene rings is 4. The summed E-state index contributed by atoms with van der Waals surface area (Å²) >= 11 is 13.1. The van der Waals surface area contributed by atoms with Crippen molar-refractivity contribution in [1.29, 1.82) is 0 Å². The largest absolute Gasteiger partial charge is 0.383 e. The Morgan fingerprint density at radius 3 is 2.17 bits per heavy atom. The molecule has 274 valence electrons. The topological polar surface area (TPSA) is 156 Å². The molecular weight excluding hydrogens is 709 g/mol. The molecule has 2 atom stereocenters. The van der Waals surface area contributed by atoms with Crippen LogP contribution in [-0.2, 0) is 35.6 Å². The van der Waals surface area contributed by atoms with Gasteiger partial charge in [0.2, 0.25) is 17.8 Å². The molecule has 2 amide bonds. The molecule has 0 saturated carbocycles. The highest BCUT2D eigenvalue weighted by Gasteiger charge is 2.27. The van der Waals surface area contributed by atoms with Gasteiger partial charge in [-0.25, -0.2) is 4.98 Å². The van der Waals surface area contributed by atoms with E-state index in [-0.39, 0.29) is 30.6 Å². The number of hydrogen-bond acceptors (Lipinski definition) is 8. The third-order valence-corrected chi connectivity index (χ3v) is 9.70. The fraction of sp³-hybridized carbons (Fsp3) is 0.250. The van der Waals surface area contributed by atoms with Crippen molar-refractivity contribution in [2.45, 2.75) is 44.6 Å². The number of nitrogen functional groups attached to an aromatic ring is 1. The molecule has 6 aromatic rings. The minimum atomic E-state index is -0.842. The number of nitrogens with one attached hydrogen (secondary N) is 3. The highest BCUT2D eigenvalue weighted by Crippen LogP contribution is 2.35. The Hall–Kier alpha value is -5.20. The fourth-order valence-electron chi connectivity index (χ4n) is 6.47. The highest BCUT2D eigenvalue weighted by atomic mass is 35.5. The van der Waals surface area contributed by atoms with E-state index in [2.05, 4.69) is 36.6 Å². The summed E-state index contributed by atoms with van der Waals surface area (Å²) in [5, 5.41) is 11.9. The van der Waals surface area contributed by atoms with Gasteiger partial charge in [-0.15, -0.1) is 0 Å². The van der Waals surface area contributed by atoms with Gasteiger partial charge in [-0.1, -0.05) is 89.9 Å². The molecule has 0 unspecified atom stereocenters. The Labute approximate surface area is 318 Å². The normalized spacial score (nSPS) is 12.6. The lowest BCUT2D eigenvalue weighted by atomic mass is 10.0. The molecule has 2 aromatic heterocycles. The zero-order chi connectivity index (χ0) is 37.5. The van der Waals surface area contributed by atoms with Gasteiger partial charge in [0.05, 0.1) is 17.4 Å². The summed E-state index contributed by atoms with van der Waals surface area (Å²) in [6.07, 6.45) is 2.65. The minimum absolute atomic E-state index is 0.186. The molecule has 0 radical (unpaired) electrons. The van der Waals surface area contributed by atoms with Crippen molar-refractivity contribution in [1.82, 2.24) is 30.1 Å². The summed E-state index contributed by atoms with van der Waals surface area (Å²) in [6, 6.07) is 26.9. The summed E-state index contributed by atoms with van der Waals surface area (Å²) in [4.78, 5) is 38.9. The van der Waals surface area contributed by atoms with Crippen LogP contribution in [-0.4, -0.2) is 64.0 Å². The van der Waals surface area contributed by atoms with Crippen molar-refractivity contribution in [3.8, 4) is 0 Å². The van der Waals surface area contributed by atoms with Gasteiger partial charge in [0, 0.05) is 52.2 Å². The van der Waals surface area contributed by atoms with Gasteiger partial charge in [-0.3, -0.25) is 9.59 Å². The molecule has 6 rings (SSSR count). The third kappa shape index (κ3) is 9.06. The smallest absolute Gasteiger partial charge is 0.243 e. The van der Waals surface area contributed by atoms with E-state index in [1.807, 2.05) is 105 Å². The molecule has 0 spiro atoms. The van der Waals surface area contributed by atoms with E-state index in [0.29, 0.717) is 47.0 Å². The van der Waals surface area contributed by atoms with Crippen LogP contribution in [0.15, 0.2) is 97.2 Å². The van der Waals surface area contributed by atoms with Crippen LogP contribution in [0.4, 0.5) is 11.8 Å². The van der Waals surface area contributed by atoms with Crippen molar-refractivity contribution >= 4 is 68.6 Å². The van der Waals surface area contributed by atoms with Crippen molar-refractivity contribution in [3.63, 3.8) is 0 Å². The van der Waals surface area contributed by atoms with Crippen molar-refractivity contribution in [2.24, 2.45) is 5.73 Å². The Kier molecular flexibility index (Phi) is 12.1. The Morgan fingerprint density at radius 2 is 1.51 bits per heavy atom. The lowest BCUT2D eigenvalue weighted by molar-refractivity contribution is -0.129. The monoisotopic (exact) mass is 751 g/mol. The average molecular weight is 753 g/mol. The molecule has 2 heterocycles. The molecule has 0 bridgehead atoms. The third-order valence-electron chi connectivity index (χ3n) is 8.99. The summed E-state index contributed by atoms with van der Waals surface area (Å²) in [6.45, 7) is 1.63. The second-order valence-corrected chi connectivity index (χ2v) is 14.0. The van der Waals surface area contributed by atoms with Gasteiger partial charge in [0.15, 0.2) is 0 Å². The zero-order valence-corrected chi connectivity index (χ0v) is 31.2. The molecule has 11 nitrogen and oxygen atoms in total. The number of hydrogen-bond donors (Lipinski definition) is 5. The molecule has 0 fully saturated rings. The fourth-order valence-corrected chi connectivity index (χ4v) is 6.99. The Bertz CT molecular complexity index is 2190. The molecule has 4 aromatic carbocycles. The molecular formula is C40H43Cl2N9O2. The van der Waals surface area contributed by atoms with E-state index >= 15 is 0 Å². The lowest BCUT2D eigenvalue weighted by Gasteiger charge is -2.23. The van der Waals surface area contributed by atoms with E-state index in [1.54, 1.807) is 0 Å². The van der Waals surface area contributed by atoms with Crippen molar-refractivity contribution < 1.29 is 9.59 Å². The number of anilines is 2. The highest BCUT2D eigenvalue weighted by molar-refractivity contribution is 6.36. The zero-order valence-electron chi connectivity index (χ0n) is 29.7. The van der Waals surface area contributed by atoms with Crippen LogP contribution < -0.4 is 27.4 Å². The van der Waals surface area contributed by atoms with Crippen LogP contribution in [0, 0.1) is 0 Å². The molecule has 7 N–H and O–H groups in total. The van der Waals surface area contributed by atoms with Crippen molar-refractivity contribution in [3.05, 3.63) is 129 Å². The standard InChI is InChI=1S/C40H43Cl2N9O2/c1-50(2)22-27-23-51(24-28-29(41)14-9-15-30(28)42)34-17-16-31-36(35(27)34)37(44)49-40(47-31)48-33(20-25-10-5-3-6-11-25)39(53)46-32(18-19-43)38(52)45-21-26-12-7-4-8-13-26/h3-17,23,32-33H,18-22,24,43H2,1-2H3,(H,45,52)(H,46,53)(H3,44,47,48,49)/t32-,33-/m0/s1. The van der Waals surface area contributed by atoms with Gasteiger partial charge in [-0.05, 0) is 68.0 Å². The van der Waals surface area contributed by atoms with E-state index in [0.717, 1.165) is 33.2 Å². The average Bonchev–Trinajstić information content (AvgIpc) is 3.48. The predicted molar refractivity (Wildman–Crippen MR) is 214 cm³/mol. The minimum Gasteiger partial charge on any atom is -0.383 e. The quantitative estimate of drug-likeness (QED) is 0.0888. The predicted octanol–water partition coefficient (Wildman–Crippen LogP) is 5.76. The molecule has 0 aliphatic heterocycles. The number of amides is 2. The van der Waals surface area contributed by atoms with Crippen molar-refractivity contribution in [2.75, 3.05) is 31.7 Å². The first-order valence-electron chi connectivity index (χ1n) is 17.4. The summed E-state index contributed by atoms with van der Waals surface area (Å²) in [7, 11) is 4.01. The van der Waals surface area contributed by atoms with Gasteiger partial charge >= 0.3 is 0 Å². The number of nitrogens with two attached hydrogens (primary N) is 2. The second-order valence-electron chi connectivity index (χ2n) is 13.2. The first-order chi connectivity index (χ1) is 25.6. The van der Waals surface area contributed by atoms with Gasteiger partial charge < -0.3 is 36.9 Å². The number of fused-ring (bicyclic) bond motifs is 3. The summed E-state index contributed by atoms with van der Waals surface area (Å²) in [5.74, 6) is -0.273. The number of rotatable bonds is 15. The van der Waals surface area contributed by atoms with E-state index in [1.165, 1.54) is 0 Å². The van der Waals surface area contributed by atoms with Crippen LogP contribution in [0.2, 0.25) is 10.0 Å². The lowest BCUT2D eigenvalue weighted by Crippen LogP contribution is -2.52. The number of carbonyl (C=O) groups is 2. The van der Waals surface area contributed by atoms with E-state index < -0.39 is 18.0 Å². The van der Waals surface area contributed by atoms with Crippen LogP contribution in [0.5, 0.6) is 0 Å². The van der Waals surface area contributed by atoms with Gasteiger partial charge in [0.25, 0.3) is 0 Å². The summed E-state index contributed by atoms with van der Waals surface area (Å²) in [5.41, 5.74) is 17.9. The maximum atomic E-state index is 14.0. The number of nitrogens with zero attached hydrogens (tertiary/aromatic N) is 4. The molecule has 0 aliphatic carbocycles. The maximum absolute atomic E-state index is 14.0. The van der Waals surface area contributed by atoms with Crippen LogP contribution >= 0.6 is 23.2 Å². The van der Waals surface area contributed by atoms with E-state index in [4.69, 9.17) is 39.7 Å². The maximum Gasteiger partial charge on any atom is 0.243 e. The van der Waals surface area contributed by atoms with Crippen LogP contribution in [0.3, 0.4) is 0 Å². The molecule has 53 heavy (non-hydrogen) atoms. The number of carbonyl (C=O) groups excluding carboxylic acids is 2. The Morgan fingerprint density at radius 1 is 0.830 bits per heavy atom. The first-order valence-corrected chi connectivity index (χ1v) is 18.1. The van der Waals surface area contributed by atoms with Crippen LogP contribution in [0.25, 0.3) is 21.8 Å². The van der Waals surface area contributed by atoms with Crippen LogP contribution in [0.1, 0.15) is 28.7 Å². The second kappa shape index (κ2) is 17.1. The van der Waals surface area contributed by atoms with Gasteiger partial charge in [0.1, 0.15) is 17.9 Å². The first kappa shape index (κ1) is 37.6. The number of halogens is 2. The molecule has 0 saturated heterocycles. The van der Waals surface area contributed by atoms with E-state index in [9.17, 15) is 9.59 Å². The summed E-state index contributed by atoms with van der Waals surface area (Å²) < 4.78 is 2.11. The molecule has 13 heteroatoms.